The summed E-state index contributed by atoms with van der Waals surface area (Å²) in [5.41, 5.74) is 3.76. The summed E-state index contributed by atoms with van der Waals surface area (Å²) in [7, 11) is 0. The second kappa shape index (κ2) is 7.03. The van der Waals surface area contributed by atoms with Crippen molar-refractivity contribution in [2.24, 2.45) is 0 Å². The van der Waals surface area contributed by atoms with Gasteiger partial charge < -0.3 is 9.73 Å². The van der Waals surface area contributed by atoms with Gasteiger partial charge in [0, 0.05) is 11.3 Å². The molecule has 102 valence electrons. The van der Waals surface area contributed by atoms with E-state index >= 15 is 0 Å². The fourth-order valence-corrected chi connectivity index (χ4v) is 2.20. The van der Waals surface area contributed by atoms with Crippen LogP contribution in [-0.2, 0) is 6.42 Å². The van der Waals surface area contributed by atoms with Crippen LogP contribution < -0.4 is 5.32 Å². The van der Waals surface area contributed by atoms with Gasteiger partial charge in [0.1, 0.15) is 0 Å². The Morgan fingerprint density at radius 2 is 1.89 bits per heavy atom. The van der Waals surface area contributed by atoms with Gasteiger partial charge in [0.05, 0.1) is 18.6 Å². The Bertz CT molecular complexity index is 459. The average molecular weight is 257 g/mol. The van der Waals surface area contributed by atoms with Crippen LogP contribution in [0.25, 0.3) is 0 Å². The van der Waals surface area contributed by atoms with Crippen LogP contribution in [0, 0.1) is 0 Å². The largest absolute Gasteiger partial charge is 0.472 e. The van der Waals surface area contributed by atoms with Gasteiger partial charge in [-0.1, -0.05) is 31.9 Å². The van der Waals surface area contributed by atoms with Crippen LogP contribution in [0.1, 0.15) is 50.3 Å². The minimum Gasteiger partial charge on any atom is -0.472 e. The number of rotatable bonds is 7. The topological polar surface area (TPSA) is 25.2 Å². The zero-order valence-corrected chi connectivity index (χ0v) is 11.9. The van der Waals surface area contributed by atoms with Crippen LogP contribution in [0.2, 0.25) is 0 Å². The Morgan fingerprint density at radius 3 is 2.53 bits per heavy atom. The van der Waals surface area contributed by atoms with Gasteiger partial charge in [-0.3, -0.25) is 0 Å². The number of unbranched alkanes of at least 4 members (excludes halogenated alkanes) is 2. The molecule has 2 heteroatoms. The summed E-state index contributed by atoms with van der Waals surface area (Å²) in [5.74, 6) is 0. The molecule has 1 atom stereocenters. The van der Waals surface area contributed by atoms with Crippen molar-refractivity contribution in [3.63, 3.8) is 0 Å². The molecule has 0 fully saturated rings. The van der Waals surface area contributed by atoms with Crippen LogP contribution >= 0.6 is 0 Å². The molecule has 0 spiro atoms. The highest BCUT2D eigenvalue weighted by atomic mass is 16.3. The lowest BCUT2D eigenvalue weighted by Gasteiger charge is -2.14. The lowest BCUT2D eigenvalue weighted by molar-refractivity contribution is 0.562. The second-order valence-electron chi connectivity index (χ2n) is 5.08. The van der Waals surface area contributed by atoms with Crippen molar-refractivity contribution in [3.8, 4) is 0 Å². The van der Waals surface area contributed by atoms with Gasteiger partial charge in [-0.05, 0) is 43.5 Å². The summed E-state index contributed by atoms with van der Waals surface area (Å²) in [5, 5.41) is 3.48. The van der Waals surface area contributed by atoms with Gasteiger partial charge in [0.2, 0.25) is 0 Å². The van der Waals surface area contributed by atoms with Gasteiger partial charge in [-0.15, -0.1) is 0 Å². The summed E-state index contributed by atoms with van der Waals surface area (Å²) in [6.07, 6.45) is 8.57. The molecule has 2 aromatic rings. The summed E-state index contributed by atoms with van der Waals surface area (Å²) in [4.78, 5) is 0. The molecule has 1 aromatic heterocycles. The van der Waals surface area contributed by atoms with E-state index < -0.39 is 0 Å². The van der Waals surface area contributed by atoms with Gasteiger partial charge in [0.15, 0.2) is 0 Å². The normalized spacial score (nSPS) is 12.3. The first-order valence-corrected chi connectivity index (χ1v) is 7.17. The molecule has 2 rings (SSSR count). The van der Waals surface area contributed by atoms with E-state index in [0.717, 1.165) is 5.69 Å². The number of aryl methyl sites for hydroxylation is 1. The molecule has 0 radical (unpaired) electrons. The van der Waals surface area contributed by atoms with Crippen LogP contribution in [0.5, 0.6) is 0 Å². The summed E-state index contributed by atoms with van der Waals surface area (Å²) < 4.78 is 5.11. The molecule has 0 aliphatic carbocycles. The molecule has 19 heavy (non-hydrogen) atoms. The number of furan rings is 1. The highest BCUT2D eigenvalue weighted by Crippen LogP contribution is 2.20. The van der Waals surface area contributed by atoms with Gasteiger partial charge in [-0.25, -0.2) is 0 Å². The number of anilines is 1. The monoisotopic (exact) mass is 257 g/mol. The summed E-state index contributed by atoms with van der Waals surface area (Å²) >= 11 is 0. The van der Waals surface area contributed by atoms with Gasteiger partial charge in [0.25, 0.3) is 0 Å². The Labute approximate surface area is 115 Å². The molecule has 2 nitrogen and oxygen atoms in total. The number of benzene rings is 1. The molecule has 0 amide bonds. The van der Waals surface area contributed by atoms with E-state index in [2.05, 4.69) is 43.4 Å². The standard InChI is InChI=1S/C17H23NO/c1-3-4-5-6-15-7-9-17(10-8-15)18-14(2)16-11-12-19-13-16/h7-14,18H,3-6H2,1-2H3. The SMILES string of the molecule is CCCCCc1ccc(NC(C)c2ccoc2)cc1. The van der Waals surface area contributed by atoms with Crippen LogP contribution in [-0.4, -0.2) is 0 Å². The lowest BCUT2D eigenvalue weighted by Crippen LogP contribution is -2.05. The van der Waals surface area contributed by atoms with Crippen molar-refractivity contribution in [2.45, 2.75) is 45.6 Å². The highest BCUT2D eigenvalue weighted by Gasteiger charge is 2.06. The first kappa shape index (κ1) is 13.7. The van der Waals surface area contributed by atoms with E-state index in [0.29, 0.717) is 0 Å². The first-order valence-electron chi connectivity index (χ1n) is 7.17. The van der Waals surface area contributed by atoms with Gasteiger partial charge >= 0.3 is 0 Å². The third-order valence-electron chi connectivity index (χ3n) is 3.45. The Morgan fingerprint density at radius 1 is 1.11 bits per heavy atom. The zero-order valence-electron chi connectivity index (χ0n) is 11.9. The Balaban J connectivity index is 1.88. The maximum atomic E-state index is 5.11. The van der Waals surface area contributed by atoms with Crippen molar-refractivity contribution in [2.75, 3.05) is 5.32 Å². The molecule has 1 unspecified atom stereocenters. The average Bonchev–Trinajstić information content (AvgIpc) is 2.95. The fourth-order valence-electron chi connectivity index (χ4n) is 2.20. The van der Waals surface area contributed by atoms with Crippen LogP contribution in [0.4, 0.5) is 5.69 Å². The minimum absolute atomic E-state index is 0.268. The van der Waals surface area contributed by atoms with Crippen molar-refractivity contribution in [1.29, 1.82) is 0 Å². The third kappa shape index (κ3) is 4.16. The molecule has 1 N–H and O–H groups in total. The second-order valence-corrected chi connectivity index (χ2v) is 5.08. The number of hydrogen-bond acceptors (Lipinski definition) is 2. The molecule has 0 bridgehead atoms. The first-order chi connectivity index (χ1) is 9.29. The van der Waals surface area contributed by atoms with Crippen LogP contribution in [0.3, 0.4) is 0 Å². The third-order valence-corrected chi connectivity index (χ3v) is 3.45. The van der Waals surface area contributed by atoms with E-state index in [1.54, 1.807) is 12.5 Å². The van der Waals surface area contributed by atoms with E-state index in [9.17, 15) is 0 Å². The number of nitrogens with one attached hydrogen (secondary N) is 1. The molecule has 0 saturated heterocycles. The fraction of sp³-hybridized carbons (Fsp3) is 0.412. The van der Waals surface area contributed by atoms with E-state index in [1.807, 2.05) is 6.07 Å². The number of hydrogen-bond donors (Lipinski definition) is 1. The van der Waals surface area contributed by atoms with E-state index in [1.165, 1.54) is 36.8 Å². The Hall–Kier alpha value is -1.70. The van der Waals surface area contributed by atoms with Gasteiger partial charge in [-0.2, -0.15) is 0 Å². The molecule has 0 aliphatic rings. The maximum absolute atomic E-state index is 5.11. The quantitative estimate of drug-likeness (QED) is 0.691. The summed E-state index contributed by atoms with van der Waals surface area (Å²) in [6.45, 7) is 4.38. The van der Waals surface area contributed by atoms with Crippen molar-refractivity contribution < 1.29 is 4.42 Å². The molecular formula is C17H23NO. The minimum atomic E-state index is 0.268. The molecular weight excluding hydrogens is 234 g/mol. The molecule has 0 saturated carbocycles. The predicted octanol–water partition coefficient (Wildman–Crippen LogP) is 5.19. The molecule has 0 aliphatic heterocycles. The molecule has 1 heterocycles. The maximum Gasteiger partial charge on any atom is 0.0955 e. The van der Waals surface area contributed by atoms with E-state index in [-0.39, 0.29) is 6.04 Å². The lowest BCUT2D eigenvalue weighted by atomic mass is 10.1. The molecule has 1 aromatic carbocycles. The predicted molar refractivity (Wildman–Crippen MR) is 80.4 cm³/mol. The smallest absolute Gasteiger partial charge is 0.0955 e. The van der Waals surface area contributed by atoms with Crippen LogP contribution in [0.15, 0.2) is 47.3 Å². The van der Waals surface area contributed by atoms with Crippen molar-refractivity contribution >= 4 is 5.69 Å². The zero-order chi connectivity index (χ0) is 13.5. The highest BCUT2D eigenvalue weighted by molar-refractivity contribution is 5.46. The van der Waals surface area contributed by atoms with Crippen molar-refractivity contribution in [3.05, 3.63) is 54.0 Å². The Kier molecular flexibility index (Phi) is 5.08. The van der Waals surface area contributed by atoms with E-state index in [4.69, 9.17) is 4.42 Å². The summed E-state index contributed by atoms with van der Waals surface area (Å²) in [6, 6.07) is 11.0. The van der Waals surface area contributed by atoms with Crippen molar-refractivity contribution in [1.82, 2.24) is 0 Å².